The van der Waals surface area contributed by atoms with Gasteiger partial charge in [0.2, 0.25) is 0 Å². The van der Waals surface area contributed by atoms with Crippen molar-refractivity contribution in [3.8, 4) is 17.6 Å². The summed E-state index contributed by atoms with van der Waals surface area (Å²) in [5.41, 5.74) is 0.443. The number of hydrogen-bond acceptors (Lipinski definition) is 4. The summed E-state index contributed by atoms with van der Waals surface area (Å²) in [4.78, 5) is 14.3. The molecule has 0 spiro atoms. The first-order chi connectivity index (χ1) is 9.54. The van der Waals surface area contributed by atoms with Crippen molar-refractivity contribution >= 4 is 5.91 Å². The van der Waals surface area contributed by atoms with E-state index in [1.807, 2.05) is 13.8 Å². The van der Waals surface area contributed by atoms with Crippen LogP contribution in [0, 0.1) is 11.3 Å². The van der Waals surface area contributed by atoms with Crippen molar-refractivity contribution in [3.05, 3.63) is 23.8 Å². The normalized spacial score (nSPS) is 10.0. The Kier molecular flexibility index (Phi) is 5.85. The highest BCUT2D eigenvalue weighted by Gasteiger charge is 2.22. The summed E-state index contributed by atoms with van der Waals surface area (Å²) < 4.78 is 10.4. The molecule has 1 rings (SSSR count). The number of rotatable bonds is 6. The third-order valence-corrected chi connectivity index (χ3v) is 2.99. The molecular weight excluding hydrogens is 256 g/mol. The van der Waals surface area contributed by atoms with Crippen LogP contribution in [0.5, 0.6) is 11.5 Å². The van der Waals surface area contributed by atoms with Crippen LogP contribution in [0.15, 0.2) is 18.2 Å². The summed E-state index contributed by atoms with van der Waals surface area (Å²) in [7, 11) is 3.07. The lowest BCUT2D eigenvalue weighted by atomic mass is 10.1. The van der Waals surface area contributed by atoms with Crippen LogP contribution in [0.1, 0.15) is 30.6 Å². The van der Waals surface area contributed by atoms with Crippen LogP contribution in [-0.4, -0.2) is 37.6 Å². The van der Waals surface area contributed by atoms with Gasteiger partial charge in [0.05, 0.1) is 32.3 Å². The zero-order valence-electron chi connectivity index (χ0n) is 12.3. The number of nitrogens with zero attached hydrogens (tertiary/aromatic N) is 2. The minimum absolute atomic E-state index is 0.00626. The number of nitriles is 1. The van der Waals surface area contributed by atoms with E-state index < -0.39 is 0 Å². The van der Waals surface area contributed by atoms with E-state index in [2.05, 4.69) is 6.07 Å². The molecule has 1 aromatic carbocycles. The summed E-state index contributed by atoms with van der Waals surface area (Å²) in [6.07, 6.45) is 0.302. The van der Waals surface area contributed by atoms with Gasteiger partial charge in [-0.3, -0.25) is 4.79 Å². The van der Waals surface area contributed by atoms with E-state index in [0.29, 0.717) is 30.0 Å². The number of methoxy groups -OCH3 is 2. The molecule has 0 fully saturated rings. The molecule has 0 aromatic heterocycles. The van der Waals surface area contributed by atoms with Gasteiger partial charge in [-0.2, -0.15) is 5.26 Å². The van der Waals surface area contributed by atoms with Crippen molar-refractivity contribution < 1.29 is 14.3 Å². The highest BCUT2D eigenvalue weighted by atomic mass is 16.5. The van der Waals surface area contributed by atoms with Gasteiger partial charge in [0.1, 0.15) is 11.5 Å². The Morgan fingerprint density at radius 3 is 2.55 bits per heavy atom. The van der Waals surface area contributed by atoms with E-state index in [4.69, 9.17) is 14.7 Å². The zero-order chi connectivity index (χ0) is 15.1. The van der Waals surface area contributed by atoms with Crippen LogP contribution in [0.2, 0.25) is 0 Å². The van der Waals surface area contributed by atoms with Crippen molar-refractivity contribution in [2.75, 3.05) is 20.8 Å². The summed E-state index contributed by atoms with van der Waals surface area (Å²) >= 11 is 0. The number of amides is 1. The second-order valence-electron chi connectivity index (χ2n) is 4.57. The second-order valence-corrected chi connectivity index (χ2v) is 4.57. The molecule has 5 nitrogen and oxygen atoms in total. The maximum absolute atomic E-state index is 12.6. The second kappa shape index (κ2) is 7.39. The molecular formula is C15H20N2O3. The van der Waals surface area contributed by atoms with Crippen LogP contribution in [-0.2, 0) is 0 Å². The van der Waals surface area contributed by atoms with Crippen LogP contribution in [0.3, 0.4) is 0 Å². The fourth-order valence-corrected chi connectivity index (χ4v) is 1.90. The van der Waals surface area contributed by atoms with Gasteiger partial charge in [-0.15, -0.1) is 0 Å². The van der Waals surface area contributed by atoms with Gasteiger partial charge in [0.25, 0.3) is 5.91 Å². The van der Waals surface area contributed by atoms with E-state index in [0.717, 1.165) is 0 Å². The largest absolute Gasteiger partial charge is 0.497 e. The van der Waals surface area contributed by atoms with Gasteiger partial charge in [-0.25, -0.2) is 0 Å². The first kappa shape index (κ1) is 15.8. The molecule has 1 amide bonds. The number of carbonyl (C=O) groups is 1. The molecule has 0 aliphatic carbocycles. The molecule has 0 radical (unpaired) electrons. The minimum atomic E-state index is -0.161. The molecule has 0 unspecified atom stereocenters. The average Bonchev–Trinajstić information content (AvgIpc) is 2.46. The van der Waals surface area contributed by atoms with E-state index in [1.165, 1.54) is 7.11 Å². The molecule has 0 atom stereocenters. The molecule has 0 N–H and O–H groups in total. The first-order valence-corrected chi connectivity index (χ1v) is 6.45. The van der Waals surface area contributed by atoms with Gasteiger partial charge in [-0.05, 0) is 32.0 Å². The summed E-state index contributed by atoms with van der Waals surface area (Å²) in [6, 6.07) is 7.17. The molecule has 0 heterocycles. The molecule has 0 saturated heterocycles. The van der Waals surface area contributed by atoms with Crippen LogP contribution in [0.25, 0.3) is 0 Å². The predicted octanol–water partition coefficient (Wildman–Crippen LogP) is 2.47. The van der Waals surface area contributed by atoms with Crippen LogP contribution < -0.4 is 9.47 Å². The monoisotopic (exact) mass is 276 g/mol. The van der Waals surface area contributed by atoms with Gasteiger partial charge in [-0.1, -0.05) is 0 Å². The molecule has 0 saturated carbocycles. The lowest BCUT2D eigenvalue weighted by Gasteiger charge is -2.26. The van der Waals surface area contributed by atoms with E-state index >= 15 is 0 Å². The zero-order valence-corrected chi connectivity index (χ0v) is 12.3. The number of hydrogen-bond donors (Lipinski definition) is 0. The SMILES string of the molecule is COc1ccc(OC)c(C(=O)N(CCC#N)C(C)C)c1. The Labute approximate surface area is 119 Å². The van der Waals surface area contributed by atoms with Crippen molar-refractivity contribution in [1.82, 2.24) is 4.90 Å². The lowest BCUT2D eigenvalue weighted by Crippen LogP contribution is -2.37. The molecule has 0 aliphatic rings. The van der Waals surface area contributed by atoms with E-state index in [1.54, 1.807) is 30.2 Å². The molecule has 5 heteroatoms. The smallest absolute Gasteiger partial charge is 0.258 e. The fraction of sp³-hybridized carbons (Fsp3) is 0.467. The Hall–Kier alpha value is -2.22. The van der Waals surface area contributed by atoms with E-state index in [-0.39, 0.29) is 11.9 Å². The Morgan fingerprint density at radius 2 is 2.05 bits per heavy atom. The van der Waals surface area contributed by atoms with E-state index in [9.17, 15) is 4.79 Å². The lowest BCUT2D eigenvalue weighted by molar-refractivity contribution is 0.0706. The summed E-state index contributed by atoms with van der Waals surface area (Å²) in [5, 5.41) is 8.70. The Morgan fingerprint density at radius 1 is 1.35 bits per heavy atom. The predicted molar refractivity (Wildman–Crippen MR) is 75.9 cm³/mol. The third-order valence-electron chi connectivity index (χ3n) is 2.99. The fourth-order valence-electron chi connectivity index (χ4n) is 1.90. The summed E-state index contributed by atoms with van der Waals surface area (Å²) in [5.74, 6) is 0.933. The maximum atomic E-state index is 12.6. The van der Waals surface area contributed by atoms with Crippen molar-refractivity contribution in [2.45, 2.75) is 26.3 Å². The quantitative estimate of drug-likeness (QED) is 0.800. The number of benzene rings is 1. The highest BCUT2D eigenvalue weighted by Crippen LogP contribution is 2.26. The average molecular weight is 276 g/mol. The first-order valence-electron chi connectivity index (χ1n) is 6.45. The molecule has 0 bridgehead atoms. The minimum Gasteiger partial charge on any atom is -0.497 e. The van der Waals surface area contributed by atoms with Gasteiger partial charge < -0.3 is 14.4 Å². The molecule has 108 valence electrons. The van der Waals surface area contributed by atoms with Crippen molar-refractivity contribution in [2.24, 2.45) is 0 Å². The number of carbonyl (C=O) groups excluding carboxylic acids is 1. The van der Waals surface area contributed by atoms with Gasteiger partial charge >= 0.3 is 0 Å². The standard InChI is InChI=1S/C15H20N2O3/c1-11(2)17(9-5-8-16)15(18)13-10-12(19-3)6-7-14(13)20-4/h6-7,10-11H,5,9H2,1-4H3. The topological polar surface area (TPSA) is 62.6 Å². The molecule has 0 aliphatic heterocycles. The Balaban J connectivity index is 3.13. The van der Waals surface area contributed by atoms with Gasteiger partial charge in [0.15, 0.2) is 0 Å². The molecule has 1 aromatic rings. The maximum Gasteiger partial charge on any atom is 0.258 e. The van der Waals surface area contributed by atoms with Crippen LogP contribution in [0.4, 0.5) is 0 Å². The van der Waals surface area contributed by atoms with Gasteiger partial charge in [0, 0.05) is 12.6 Å². The van der Waals surface area contributed by atoms with Crippen molar-refractivity contribution in [3.63, 3.8) is 0 Å². The summed E-state index contributed by atoms with van der Waals surface area (Å²) in [6.45, 7) is 4.23. The highest BCUT2D eigenvalue weighted by molar-refractivity contribution is 5.97. The number of ether oxygens (including phenoxy) is 2. The van der Waals surface area contributed by atoms with Crippen LogP contribution >= 0.6 is 0 Å². The third kappa shape index (κ3) is 3.64. The Bertz CT molecular complexity index is 506. The molecule has 20 heavy (non-hydrogen) atoms. The van der Waals surface area contributed by atoms with Crippen molar-refractivity contribution in [1.29, 1.82) is 5.26 Å².